The lowest BCUT2D eigenvalue weighted by Crippen LogP contribution is -2.26. The van der Waals surface area contributed by atoms with E-state index in [0.717, 1.165) is 23.4 Å². The van der Waals surface area contributed by atoms with Crippen molar-refractivity contribution in [2.24, 2.45) is 0 Å². The van der Waals surface area contributed by atoms with Crippen LogP contribution in [0.5, 0.6) is 5.75 Å². The minimum absolute atomic E-state index is 0.0726. The van der Waals surface area contributed by atoms with E-state index < -0.39 is 0 Å². The molecule has 0 atom stereocenters. The van der Waals surface area contributed by atoms with Crippen molar-refractivity contribution < 1.29 is 14.6 Å². The number of rotatable bonds is 3. The maximum atomic E-state index is 11.1. The van der Waals surface area contributed by atoms with Crippen LogP contribution in [0.2, 0.25) is 0 Å². The van der Waals surface area contributed by atoms with Crippen molar-refractivity contribution >= 4 is 11.6 Å². The summed E-state index contributed by atoms with van der Waals surface area (Å²) in [7, 11) is 0. The largest absolute Gasteiger partial charge is 0.481 e. The molecule has 1 aliphatic rings. The van der Waals surface area contributed by atoms with Crippen molar-refractivity contribution in [3.8, 4) is 5.75 Å². The van der Waals surface area contributed by atoms with E-state index in [0.29, 0.717) is 6.42 Å². The fraction of sp³-hybridized carbons (Fsp3) is 0.364. The number of para-hydroxylation sites is 1. The molecular formula is C11H13NO3. The van der Waals surface area contributed by atoms with Crippen LogP contribution in [0.1, 0.15) is 12.0 Å². The van der Waals surface area contributed by atoms with Crippen LogP contribution in [0.25, 0.3) is 0 Å². The normalized spacial score (nSPS) is 14.1. The lowest BCUT2D eigenvalue weighted by Gasteiger charge is -2.20. The maximum Gasteiger partial charge on any atom is 0.262 e. The summed E-state index contributed by atoms with van der Waals surface area (Å²) < 4.78 is 5.37. The fourth-order valence-electron chi connectivity index (χ4n) is 1.64. The first-order valence-electron chi connectivity index (χ1n) is 4.96. The van der Waals surface area contributed by atoms with Crippen LogP contribution in [0, 0.1) is 0 Å². The Morgan fingerprint density at radius 2 is 2.33 bits per heavy atom. The van der Waals surface area contributed by atoms with E-state index in [1.165, 1.54) is 0 Å². The van der Waals surface area contributed by atoms with Crippen molar-refractivity contribution in [2.45, 2.75) is 12.8 Å². The number of nitrogens with one attached hydrogen (secondary N) is 1. The molecule has 0 saturated heterocycles. The number of carbonyl (C=O) groups excluding carboxylic acids is 1. The van der Waals surface area contributed by atoms with Gasteiger partial charge in [0.1, 0.15) is 5.75 Å². The number of fused-ring (bicyclic) bond motifs is 1. The van der Waals surface area contributed by atoms with E-state index in [2.05, 4.69) is 5.32 Å². The van der Waals surface area contributed by atoms with E-state index in [9.17, 15) is 4.79 Å². The van der Waals surface area contributed by atoms with Gasteiger partial charge in [0.25, 0.3) is 5.91 Å². The molecule has 0 saturated carbocycles. The Morgan fingerprint density at radius 3 is 3.13 bits per heavy atom. The molecule has 4 heteroatoms. The second-order valence-electron chi connectivity index (χ2n) is 3.46. The first-order valence-corrected chi connectivity index (χ1v) is 4.96. The Hall–Kier alpha value is -1.55. The second-order valence-corrected chi connectivity index (χ2v) is 3.46. The van der Waals surface area contributed by atoms with Crippen LogP contribution >= 0.6 is 0 Å². The number of hydrogen-bond donors (Lipinski definition) is 2. The number of anilines is 1. The van der Waals surface area contributed by atoms with Gasteiger partial charge in [-0.1, -0.05) is 12.1 Å². The molecule has 0 spiro atoms. The zero-order chi connectivity index (χ0) is 10.7. The zero-order valence-electron chi connectivity index (χ0n) is 8.32. The van der Waals surface area contributed by atoms with Gasteiger partial charge in [-0.3, -0.25) is 4.79 Å². The molecule has 80 valence electrons. The molecule has 0 bridgehead atoms. The van der Waals surface area contributed by atoms with Crippen molar-refractivity contribution in [3.63, 3.8) is 0 Å². The molecule has 1 amide bonds. The number of ether oxygens (including phenoxy) is 1. The quantitative estimate of drug-likeness (QED) is 0.775. The van der Waals surface area contributed by atoms with Crippen molar-refractivity contribution in [2.75, 3.05) is 18.5 Å². The van der Waals surface area contributed by atoms with Crippen LogP contribution in [0.15, 0.2) is 18.2 Å². The lowest BCUT2D eigenvalue weighted by molar-refractivity contribution is -0.118. The second kappa shape index (κ2) is 4.31. The third-order valence-electron chi connectivity index (χ3n) is 2.32. The third kappa shape index (κ3) is 2.10. The molecule has 2 rings (SSSR count). The number of aryl methyl sites for hydroxylation is 1. The summed E-state index contributed by atoms with van der Waals surface area (Å²) in [6, 6.07) is 5.64. The summed E-state index contributed by atoms with van der Waals surface area (Å²) in [5.74, 6) is 0.618. The molecule has 1 aromatic carbocycles. The Bertz CT molecular complexity index is 376. The van der Waals surface area contributed by atoms with Gasteiger partial charge in [0.15, 0.2) is 6.61 Å². The lowest BCUT2D eigenvalue weighted by atomic mass is 10.1. The van der Waals surface area contributed by atoms with Crippen LogP contribution < -0.4 is 10.1 Å². The molecule has 4 nitrogen and oxygen atoms in total. The zero-order valence-corrected chi connectivity index (χ0v) is 8.32. The summed E-state index contributed by atoms with van der Waals surface area (Å²) in [6.45, 7) is 0.235. The highest BCUT2D eigenvalue weighted by molar-refractivity contribution is 5.95. The number of amides is 1. The van der Waals surface area contributed by atoms with Gasteiger partial charge in [-0.05, 0) is 24.5 Å². The molecule has 1 aromatic rings. The average molecular weight is 207 g/mol. The molecule has 0 fully saturated rings. The molecule has 1 aliphatic heterocycles. The standard InChI is InChI=1S/C11H13NO3/c13-6-2-4-8-3-1-5-9-11(8)15-7-10(14)12-9/h1,3,5,13H,2,4,6-7H2,(H,12,14). The highest BCUT2D eigenvalue weighted by Crippen LogP contribution is 2.32. The number of aliphatic hydroxyl groups is 1. The van der Waals surface area contributed by atoms with Crippen molar-refractivity contribution in [1.29, 1.82) is 0 Å². The highest BCUT2D eigenvalue weighted by Gasteiger charge is 2.18. The Kier molecular flexibility index (Phi) is 2.87. The number of carbonyl (C=O) groups is 1. The number of aliphatic hydroxyl groups excluding tert-OH is 1. The van der Waals surface area contributed by atoms with Gasteiger partial charge in [-0.15, -0.1) is 0 Å². The fourth-order valence-corrected chi connectivity index (χ4v) is 1.64. The van der Waals surface area contributed by atoms with E-state index >= 15 is 0 Å². The van der Waals surface area contributed by atoms with Gasteiger partial charge in [0.2, 0.25) is 0 Å². The summed E-state index contributed by atoms with van der Waals surface area (Å²) in [5.41, 5.74) is 1.75. The number of hydrogen-bond acceptors (Lipinski definition) is 3. The topological polar surface area (TPSA) is 58.6 Å². The molecule has 0 unspecified atom stereocenters. The van der Waals surface area contributed by atoms with Gasteiger partial charge in [-0.25, -0.2) is 0 Å². The van der Waals surface area contributed by atoms with Crippen LogP contribution in [-0.2, 0) is 11.2 Å². The van der Waals surface area contributed by atoms with Crippen molar-refractivity contribution in [3.05, 3.63) is 23.8 Å². The van der Waals surface area contributed by atoms with E-state index in [4.69, 9.17) is 9.84 Å². The SMILES string of the molecule is O=C1COc2c(CCCO)cccc2N1. The predicted molar refractivity (Wildman–Crippen MR) is 56.0 cm³/mol. The first kappa shape index (κ1) is 9.98. The highest BCUT2D eigenvalue weighted by atomic mass is 16.5. The molecule has 15 heavy (non-hydrogen) atoms. The van der Waals surface area contributed by atoms with E-state index in [1.807, 2.05) is 18.2 Å². The molecular weight excluding hydrogens is 194 g/mol. The first-order chi connectivity index (χ1) is 7.31. The Balaban J connectivity index is 2.25. The monoisotopic (exact) mass is 207 g/mol. The third-order valence-corrected chi connectivity index (χ3v) is 2.32. The molecule has 0 aromatic heterocycles. The maximum absolute atomic E-state index is 11.1. The Labute approximate surface area is 87.9 Å². The van der Waals surface area contributed by atoms with Gasteiger partial charge in [-0.2, -0.15) is 0 Å². The van der Waals surface area contributed by atoms with E-state index in [1.54, 1.807) is 0 Å². The van der Waals surface area contributed by atoms with E-state index in [-0.39, 0.29) is 19.1 Å². The van der Waals surface area contributed by atoms with Crippen LogP contribution in [0.4, 0.5) is 5.69 Å². The molecule has 1 heterocycles. The minimum atomic E-state index is -0.123. The molecule has 2 N–H and O–H groups in total. The number of benzene rings is 1. The molecule has 0 radical (unpaired) electrons. The van der Waals surface area contributed by atoms with Gasteiger partial charge < -0.3 is 15.2 Å². The summed E-state index contributed by atoms with van der Waals surface area (Å²) >= 11 is 0. The Morgan fingerprint density at radius 1 is 1.47 bits per heavy atom. The van der Waals surface area contributed by atoms with Crippen LogP contribution in [-0.4, -0.2) is 24.2 Å². The predicted octanol–water partition coefficient (Wildman–Crippen LogP) is 0.942. The van der Waals surface area contributed by atoms with Gasteiger partial charge >= 0.3 is 0 Å². The average Bonchev–Trinajstić information content (AvgIpc) is 2.25. The van der Waals surface area contributed by atoms with Crippen molar-refractivity contribution in [1.82, 2.24) is 0 Å². The molecule has 0 aliphatic carbocycles. The summed E-state index contributed by atoms with van der Waals surface area (Å²) in [6.07, 6.45) is 1.46. The summed E-state index contributed by atoms with van der Waals surface area (Å²) in [5, 5.41) is 11.5. The minimum Gasteiger partial charge on any atom is -0.481 e. The smallest absolute Gasteiger partial charge is 0.262 e. The van der Waals surface area contributed by atoms with Crippen LogP contribution in [0.3, 0.4) is 0 Å². The summed E-state index contributed by atoms with van der Waals surface area (Å²) in [4.78, 5) is 11.1. The van der Waals surface area contributed by atoms with Gasteiger partial charge in [0.05, 0.1) is 5.69 Å². The van der Waals surface area contributed by atoms with Gasteiger partial charge in [0, 0.05) is 6.61 Å².